The van der Waals surface area contributed by atoms with Gasteiger partial charge < -0.3 is 10.4 Å². The van der Waals surface area contributed by atoms with Gasteiger partial charge in [0.05, 0.1) is 12.6 Å². The van der Waals surface area contributed by atoms with Gasteiger partial charge in [0.1, 0.15) is 11.6 Å². The van der Waals surface area contributed by atoms with Crippen molar-refractivity contribution < 1.29 is 13.9 Å². The summed E-state index contributed by atoms with van der Waals surface area (Å²) in [6.45, 7) is -0.194. The van der Waals surface area contributed by atoms with Crippen LogP contribution in [0.1, 0.15) is 11.6 Å². The third kappa shape index (κ3) is 3.52. The number of aliphatic hydroxyl groups excluding tert-OH is 1. The molecule has 1 unspecified atom stereocenters. The lowest BCUT2D eigenvalue weighted by atomic mass is 10.1. The summed E-state index contributed by atoms with van der Waals surface area (Å²) in [6, 6.07) is 9.72. The van der Waals surface area contributed by atoms with Crippen LogP contribution in [-0.4, -0.2) is 11.7 Å². The highest BCUT2D eigenvalue weighted by atomic mass is 79.9. The molecule has 0 amide bonds. The molecule has 0 aliphatic rings. The summed E-state index contributed by atoms with van der Waals surface area (Å²) in [5, 5.41) is 12.4. The average molecular weight is 328 g/mol. The molecule has 1 atom stereocenters. The van der Waals surface area contributed by atoms with Crippen LogP contribution in [-0.2, 0) is 0 Å². The van der Waals surface area contributed by atoms with E-state index in [-0.39, 0.29) is 18.2 Å². The zero-order valence-corrected chi connectivity index (χ0v) is 11.5. The van der Waals surface area contributed by atoms with Crippen molar-refractivity contribution in [3.8, 4) is 0 Å². The van der Waals surface area contributed by atoms with Crippen LogP contribution < -0.4 is 5.32 Å². The van der Waals surface area contributed by atoms with E-state index in [1.807, 2.05) is 0 Å². The molecule has 0 saturated carbocycles. The van der Waals surface area contributed by atoms with Crippen molar-refractivity contribution in [1.29, 1.82) is 0 Å². The Hall–Kier alpha value is -1.46. The lowest BCUT2D eigenvalue weighted by Gasteiger charge is -2.19. The Bertz CT molecular complexity index is 577. The molecule has 19 heavy (non-hydrogen) atoms. The van der Waals surface area contributed by atoms with E-state index >= 15 is 0 Å². The molecule has 0 bridgehead atoms. The summed E-state index contributed by atoms with van der Waals surface area (Å²) in [5.41, 5.74) is 1.25. The minimum atomic E-state index is -0.447. The van der Waals surface area contributed by atoms with Crippen LogP contribution in [0.4, 0.5) is 14.5 Å². The molecule has 2 N–H and O–H groups in total. The van der Waals surface area contributed by atoms with Gasteiger partial charge >= 0.3 is 0 Å². The van der Waals surface area contributed by atoms with E-state index in [4.69, 9.17) is 0 Å². The second-order valence-corrected chi connectivity index (χ2v) is 4.91. The zero-order valence-electron chi connectivity index (χ0n) is 9.91. The topological polar surface area (TPSA) is 32.3 Å². The van der Waals surface area contributed by atoms with Crippen LogP contribution in [0.5, 0.6) is 0 Å². The molecule has 0 aromatic heterocycles. The van der Waals surface area contributed by atoms with Crippen molar-refractivity contribution >= 4 is 21.6 Å². The van der Waals surface area contributed by atoms with Crippen LogP contribution >= 0.6 is 15.9 Å². The molecular weight excluding hydrogens is 316 g/mol. The largest absolute Gasteiger partial charge is 0.394 e. The lowest BCUT2D eigenvalue weighted by Crippen LogP contribution is -2.15. The molecule has 100 valence electrons. The first kappa shape index (κ1) is 14.0. The number of anilines is 1. The highest BCUT2D eigenvalue weighted by molar-refractivity contribution is 9.10. The summed E-state index contributed by atoms with van der Waals surface area (Å²) in [5.74, 6) is -0.724. The molecule has 2 nitrogen and oxygen atoms in total. The van der Waals surface area contributed by atoms with Crippen LogP contribution in [0, 0.1) is 11.6 Å². The van der Waals surface area contributed by atoms with Gasteiger partial charge in [-0.05, 0) is 35.9 Å². The third-order valence-corrected chi connectivity index (χ3v) is 3.37. The number of benzene rings is 2. The average Bonchev–Trinajstić information content (AvgIpc) is 2.37. The third-order valence-electron chi connectivity index (χ3n) is 2.69. The maximum absolute atomic E-state index is 13.1. The van der Waals surface area contributed by atoms with Gasteiger partial charge in [0.15, 0.2) is 0 Å². The summed E-state index contributed by atoms with van der Waals surface area (Å²) in [7, 11) is 0. The van der Waals surface area contributed by atoms with Gasteiger partial charge in [-0.3, -0.25) is 0 Å². The maximum atomic E-state index is 13.1. The Kier molecular flexibility index (Phi) is 4.50. The minimum absolute atomic E-state index is 0.194. The maximum Gasteiger partial charge on any atom is 0.125 e. The monoisotopic (exact) mass is 327 g/mol. The second-order valence-electron chi connectivity index (χ2n) is 4.06. The first-order valence-electron chi connectivity index (χ1n) is 5.68. The van der Waals surface area contributed by atoms with Gasteiger partial charge in [-0.2, -0.15) is 0 Å². The first-order valence-corrected chi connectivity index (χ1v) is 6.47. The number of hydrogen-bond acceptors (Lipinski definition) is 2. The Morgan fingerprint density at radius 1 is 1.11 bits per heavy atom. The predicted octanol–water partition coefficient (Wildman–Crippen LogP) is 3.87. The fraction of sp³-hybridized carbons (Fsp3) is 0.143. The van der Waals surface area contributed by atoms with E-state index in [9.17, 15) is 13.9 Å². The number of hydrogen-bond donors (Lipinski definition) is 2. The molecule has 0 aliphatic heterocycles. The second kappa shape index (κ2) is 6.12. The molecule has 0 spiro atoms. The van der Waals surface area contributed by atoms with E-state index < -0.39 is 6.04 Å². The van der Waals surface area contributed by atoms with Crippen LogP contribution in [0.25, 0.3) is 0 Å². The molecule has 2 aromatic carbocycles. The van der Waals surface area contributed by atoms with Crippen molar-refractivity contribution in [1.82, 2.24) is 0 Å². The molecule has 2 aromatic rings. The fourth-order valence-corrected chi connectivity index (χ4v) is 2.41. The van der Waals surface area contributed by atoms with E-state index in [0.717, 1.165) is 0 Å². The SMILES string of the molecule is OCC(Nc1cccc(F)c1)c1ccc(F)cc1Br. The number of halogens is 3. The van der Waals surface area contributed by atoms with Crippen LogP contribution in [0.2, 0.25) is 0 Å². The van der Waals surface area contributed by atoms with Crippen molar-refractivity contribution in [2.75, 3.05) is 11.9 Å². The fourth-order valence-electron chi connectivity index (χ4n) is 1.79. The number of nitrogens with one attached hydrogen (secondary N) is 1. The Morgan fingerprint density at radius 3 is 2.47 bits per heavy atom. The van der Waals surface area contributed by atoms with Crippen molar-refractivity contribution in [2.24, 2.45) is 0 Å². The van der Waals surface area contributed by atoms with E-state index in [1.54, 1.807) is 18.2 Å². The summed E-state index contributed by atoms with van der Waals surface area (Å²) in [6.07, 6.45) is 0. The summed E-state index contributed by atoms with van der Waals surface area (Å²) < 4.78 is 26.7. The summed E-state index contributed by atoms with van der Waals surface area (Å²) >= 11 is 3.25. The molecule has 0 radical (unpaired) electrons. The highest BCUT2D eigenvalue weighted by Crippen LogP contribution is 2.27. The van der Waals surface area contributed by atoms with Gasteiger partial charge in [-0.1, -0.05) is 28.1 Å². The van der Waals surface area contributed by atoms with Gasteiger partial charge in [-0.25, -0.2) is 8.78 Å². The predicted molar refractivity (Wildman–Crippen MR) is 73.9 cm³/mol. The van der Waals surface area contributed by atoms with Gasteiger partial charge in [0.25, 0.3) is 0 Å². The lowest BCUT2D eigenvalue weighted by molar-refractivity contribution is 0.276. The molecule has 5 heteroatoms. The van der Waals surface area contributed by atoms with Gasteiger partial charge in [0.2, 0.25) is 0 Å². The van der Waals surface area contributed by atoms with Crippen molar-refractivity contribution in [3.05, 3.63) is 64.1 Å². The molecule has 0 aliphatic carbocycles. The number of rotatable bonds is 4. The molecule has 0 heterocycles. The molecule has 0 saturated heterocycles. The minimum Gasteiger partial charge on any atom is -0.394 e. The summed E-state index contributed by atoms with van der Waals surface area (Å²) in [4.78, 5) is 0. The van der Waals surface area contributed by atoms with Crippen LogP contribution in [0.15, 0.2) is 46.9 Å². The number of aliphatic hydroxyl groups is 1. The van der Waals surface area contributed by atoms with Gasteiger partial charge in [0, 0.05) is 10.2 Å². The van der Waals surface area contributed by atoms with E-state index in [0.29, 0.717) is 15.7 Å². The van der Waals surface area contributed by atoms with Crippen molar-refractivity contribution in [3.63, 3.8) is 0 Å². The quantitative estimate of drug-likeness (QED) is 0.893. The van der Waals surface area contributed by atoms with Gasteiger partial charge in [-0.15, -0.1) is 0 Å². The standard InChI is InChI=1S/C14H12BrF2NO/c15-13-7-10(17)4-5-12(13)14(8-19)18-11-3-1-2-9(16)6-11/h1-7,14,18-19H,8H2. The van der Waals surface area contributed by atoms with Crippen LogP contribution in [0.3, 0.4) is 0 Å². The molecule has 0 fully saturated rings. The Labute approximate surface area is 118 Å². The first-order chi connectivity index (χ1) is 9.10. The van der Waals surface area contributed by atoms with Crippen molar-refractivity contribution in [2.45, 2.75) is 6.04 Å². The highest BCUT2D eigenvalue weighted by Gasteiger charge is 2.14. The zero-order chi connectivity index (χ0) is 13.8. The van der Waals surface area contributed by atoms with E-state index in [2.05, 4.69) is 21.2 Å². The Balaban J connectivity index is 2.25. The molecule has 2 rings (SSSR count). The molecular formula is C14H12BrF2NO. The normalized spacial score (nSPS) is 12.2. The smallest absolute Gasteiger partial charge is 0.125 e. The van der Waals surface area contributed by atoms with E-state index in [1.165, 1.54) is 24.3 Å². The Morgan fingerprint density at radius 2 is 1.84 bits per heavy atom.